The molecule has 0 aliphatic heterocycles. The van der Waals surface area contributed by atoms with E-state index in [1.165, 1.54) is 6.07 Å². The van der Waals surface area contributed by atoms with Crippen molar-refractivity contribution in [3.05, 3.63) is 56.7 Å². The first-order chi connectivity index (χ1) is 11.2. The van der Waals surface area contributed by atoms with Crippen LogP contribution in [0, 0.1) is 10.1 Å². The highest BCUT2D eigenvalue weighted by molar-refractivity contribution is 6.32. The molecule has 0 radical (unpaired) electrons. The lowest BCUT2D eigenvalue weighted by atomic mass is 10.2. The minimum Gasteiger partial charge on any atom is -0.502 e. The van der Waals surface area contributed by atoms with Crippen LogP contribution in [0.1, 0.15) is 11.1 Å². The van der Waals surface area contributed by atoms with Gasteiger partial charge < -0.3 is 5.11 Å². The Morgan fingerprint density at radius 3 is 2.67 bits per heavy atom. The molecule has 0 aliphatic rings. The van der Waals surface area contributed by atoms with Gasteiger partial charge in [0.1, 0.15) is 0 Å². The third kappa shape index (κ3) is 4.10. The van der Waals surface area contributed by atoms with Crippen molar-refractivity contribution in [3.8, 4) is 5.75 Å². The highest BCUT2D eigenvalue weighted by Gasteiger charge is 2.31. The first-order valence-electron chi connectivity index (χ1n) is 6.17. The minimum absolute atomic E-state index is 0.116. The molecule has 0 spiro atoms. The molecule has 0 bridgehead atoms. The lowest BCUT2D eigenvalue weighted by molar-refractivity contribution is -0.385. The third-order valence-corrected chi connectivity index (χ3v) is 3.04. The number of nitro benzene ring substituents is 1. The summed E-state index contributed by atoms with van der Waals surface area (Å²) in [5.41, 5.74) is 1.09. The van der Waals surface area contributed by atoms with Crippen molar-refractivity contribution >= 4 is 29.3 Å². The Hall–Kier alpha value is -2.88. The number of rotatable bonds is 4. The van der Waals surface area contributed by atoms with E-state index in [1.54, 1.807) is 0 Å². The molecule has 0 fully saturated rings. The molecule has 11 heteroatoms. The van der Waals surface area contributed by atoms with Gasteiger partial charge in [-0.25, -0.2) is 4.98 Å². The minimum atomic E-state index is -4.57. The number of phenolic OH excluding ortho intramolecular Hbond substituents is 1. The van der Waals surface area contributed by atoms with Crippen LogP contribution in [0.4, 0.5) is 24.7 Å². The van der Waals surface area contributed by atoms with Crippen LogP contribution in [-0.4, -0.2) is 21.2 Å². The zero-order valence-electron chi connectivity index (χ0n) is 11.6. The summed E-state index contributed by atoms with van der Waals surface area (Å²) in [5.74, 6) is -0.619. The number of phenols is 1. The summed E-state index contributed by atoms with van der Waals surface area (Å²) in [7, 11) is 0. The smallest absolute Gasteiger partial charge is 0.417 e. The molecular formula is C13H8ClF3N4O3. The van der Waals surface area contributed by atoms with Crippen LogP contribution in [0.25, 0.3) is 0 Å². The number of nitrogens with zero attached hydrogens (tertiary/aromatic N) is 3. The number of hydrazone groups is 1. The SMILES string of the molecule is O=[N+]([O-])c1cc(/C=N/Nc2ncc(C(F)(F)F)cc2Cl)ccc1O. The van der Waals surface area contributed by atoms with Crippen molar-refractivity contribution in [1.82, 2.24) is 4.98 Å². The second-order valence-corrected chi connectivity index (χ2v) is 4.83. The monoisotopic (exact) mass is 360 g/mol. The Balaban J connectivity index is 2.15. The summed E-state index contributed by atoms with van der Waals surface area (Å²) < 4.78 is 37.5. The Labute approximate surface area is 137 Å². The molecule has 0 aliphatic carbocycles. The maximum Gasteiger partial charge on any atom is 0.417 e. The van der Waals surface area contributed by atoms with Gasteiger partial charge in [0.05, 0.1) is 21.7 Å². The molecular weight excluding hydrogens is 353 g/mol. The first-order valence-corrected chi connectivity index (χ1v) is 6.55. The highest BCUT2D eigenvalue weighted by atomic mass is 35.5. The highest BCUT2D eigenvalue weighted by Crippen LogP contribution is 2.32. The van der Waals surface area contributed by atoms with Crippen LogP contribution >= 0.6 is 11.6 Å². The van der Waals surface area contributed by atoms with Crippen molar-refractivity contribution in [1.29, 1.82) is 0 Å². The van der Waals surface area contributed by atoms with Crippen LogP contribution in [0.2, 0.25) is 5.02 Å². The molecule has 0 saturated carbocycles. The Kier molecular flexibility index (Phi) is 4.88. The normalized spacial score (nSPS) is 11.7. The zero-order valence-corrected chi connectivity index (χ0v) is 12.3. The maximum absolute atomic E-state index is 12.5. The number of halogens is 4. The average Bonchev–Trinajstić information content (AvgIpc) is 2.49. The number of alkyl halides is 3. The van der Waals surface area contributed by atoms with Gasteiger partial charge in [0.2, 0.25) is 0 Å². The van der Waals surface area contributed by atoms with Gasteiger partial charge in [0, 0.05) is 17.8 Å². The van der Waals surface area contributed by atoms with Crippen molar-refractivity contribution in [2.75, 3.05) is 5.43 Å². The predicted octanol–water partition coefficient (Wildman–Crippen LogP) is 3.81. The lowest BCUT2D eigenvalue weighted by Gasteiger charge is -2.08. The summed E-state index contributed by atoms with van der Waals surface area (Å²) >= 11 is 5.68. The van der Waals surface area contributed by atoms with Gasteiger partial charge in [-0.1, -0.05) is 11.6 Å². The van der Waals surface area contributed by atoms with Crippen molar-refractivity contribution in [2.24, 2.45) is 5.10 Å². The fourth-order valence-corrected chi connectivity index (χ4v) is 1.82. The summed E-state index contributed by atoms with van der Waals surface area (Å²) in [4.78, 5) is 13.4. The molecule has 0 atom stereocenters. The number of aromatic hydroxyl groups is 1. The molecule has 24 heavy (non-hydrogen) atoms. The lowest BCUT2D eigenvalue weighted by Crippen LogP contribution is -2.06. The van der Waals surface area contributed by atoms with Crippen molar-refractivity contribution < 1.29 is 23.2 Å². The summed E-state index contributed by atoms with van der Waals surface area (Å²) in [6.07, 6.45) is -2.82. The van der Waals surface area contributed by atoms with E-state index in [0.717, 1.165) is 18.3 Å². The van der Waals surface area contributed by atoms with E-state index in [2.05, 4.69) is 15.5 Å². The van der Waals surface area contributed by atoms with Gasteiger partial charge in [0.25, 0.3) is 0 Å². The van der Waals surface area contributed by atoms with Gasteiger partial charge in [-0.3, -0.25) is 15.5 Å². The summed E-state index contributed by atoms with van der Waals surface area (Å²) in [6.45, 7) is 0. The largest absolute Gasteiger partial charge is 0.502 e. The predicted molar refractivity (Wildman–Crippen MR) is 80.2 cm³/mol. The summed E-state index contributed by atoms with van der Waals surface area (Å²) in [5, 5.41) is 23.4. The first kappa shape index (κ1) is 17.5. The number of benzene rings is 1. The second-order valence-electron chi connectivity index (χ2n) is 4.43. The molecule has 1 heterocycles. The van der Waals surface area contributed by atoms with Crippen molar-refractivity contribution in [3.63, 3.8) is 0 Å². The van der Waals surface area contributed by atoms with Gasteiger partial charge in [-0.15, -0.1) is 0 Å². The maximum atomic E-state index is 12.5. The van der Waals surface area contributed by atoms with E-state index in [0.29, 0.717) is 12.3 Å². The molecule has 2 rings (SSSR count). The van der Waals surface area contributed by atoms with Crippen LogP contribution in [0.15, 0.2) is 35.6 Å². The topological polar surface area (TPSA) is 101 Å². The quantitative estimate of drug-likeness (QED) is 0.490. The molecule has 126 valence electrons. The van der Waals surface area contributed by atoms with Gasteiger partial charge in [0.15, 0.2) is 11.6 Å². The molecule has 7 nitrogen and oxygen atoms in total. The Morgan fingerprint density at radius 1 is 1.38 bits per heavy atom. The molecule has 1 aromatic carbocycles. The molecule has 0 unspecified atom stereocenters. The number of hydrogen-bond acceptors (Lipinski definition) is 6. The van der Waals surface area contributed by atoms with Crippen LogP contribution < -0.4 is 5.43 Å². The Morgan fingerprint density at radius 2 is 2.08 bits per heavy atom. The molecule has 0 saturated heterocycles. The van der Waals surface area contributed by atoms with E-state index < -0.39 is 28.1 Å². The zero-order chi connectivity index (χ0) is 17.9. The number of hydrogen-bond donors (Lipinski definition) is 2. The van der Waals surface area contributed by atoms with E-state index >= 15 is 0 Å². The number of nitrogens with one attached hydrogen (secondary N) is 1. The van der Waals surface area contributed by atoms with E-state index in [-0.39, 0.29) is 16.4 Å². The molecule has 2 N–H and O–H groups in total. The number of aromatic nitrogens is 1. The number of anilines is 1. The molecule has 2 aromatic rings. The number of pyridine rings is 1. The van der Waals surface area contributed by atoms with E-state index in [4.69, 9.17) is 11.6 Å². The van der Waals surface area contributed by atoms with Gasteiger partial charge >= 0.3 is 11.9 Å². The molecule has 1 aromatic heterocycles. The average molecular weight is 361 g/mol. The van der Waals surface area contributed by atoms with Gasteiger partial charge in [-0.2, -0.15) is 18.3 Å². The van der Waals surface area contributed by atoms with Crippen molar-refractivity contribution in [2.45, 2.75) is 6.18 Å². The number of nitro groups is 1. The van der Waals surface area contributed by atoms with Crippen LogP contribution in [-0.2, 0) is 6.18 Å². The fraction of sp³-hybridized carbons (Fsp3) is 0.0769. The second kappa shape index (κ2) is 6.71. The Bertz CT molecular complexity index is 812. The standard InChI is InChI=1S/C13H8ClF3N4O3/c14-9-4-8(13(15,16)17)6-18-12(9)20-19-5-7-1-2-11(22)10(3-7)21(23)24/h1-6,22H,(H,18,20)/b19-5+. The van der Waals surface area contributed by atoms with Gasteiger partial charge in [-0.05, 0) is 18.2 Å². The fourth-order valence-electron chi connectivity index (χ4n) is 1.61. The third-order valence-electron chi connectivity index (χ3n) is 2.75. The molecule has 0 amide bonds. The van der Waals surface area contributed by atoms with E-state index in [1.807, 2.05) is 0 Å². The van der Waals surface area contributed by atoms with Crippen LogP contribution in [0.3, 0.4) is 0 Å². The van der Waals surface area contributed by atoms with E-state index in [9.17, 15) is 28.4 Å². The summed E-state index contributed by atoms with van der Waals surface area (Å²) in [6, 6.07) is 4.23. The van der Waals surface area contributed by atoms with Crippen LogP contribution in [0.5, 0.6) is 5.75 Å².